The molecule has 0 bridgehead atoms. The van der Waals surface area contributed by atoms with Gasteiger partial charge in [-0.1, -0.05) is 13.8 Å². The van der Waals surface area contributed by atoms with E-state index >= 15 is 0 Å². The molecular formula is C19H31N3O6S. The largest absolute Gasteiger partial charge is 0.383 e. The van der Waals surface area contributed by atoms with Crippen LogP contribution >= 0.6 is 0 Å². The zero-order valence-corrected chi connectivity index (χ0v) is 18.4. The lowest BCUT2D eigenvalue weighted by molar-refractivity contribution is -0.384. The van der Waals surface area contributed by atoms with Crippen LogP contribution in [0, 0.1) is 22.0 Å². The Morgan fingerprint density at radius 3 is 2.17 bits per heavy atom. The number of nitrogens with zero attached hydrogens (tertiary/aromatic N) is 3. The smallest absolute Gasteiger partial charge is 0.293 e. The van der Waals surface area contributed by atoms with Crippen molar-refractivity contribution in [3.05, 3.63) is 28.3 Å². The predicted molar refractivity (Wildman–Crippen MR) is 111 cm³/mol. The highest BCUT2D eigenvalue weighted by Crippen LogP contribution is 2.33. The number of nitro benzene ring substituents is 1. The number of ether oxygens (including phenoxy) is 2. The van der Waals surface area contributed by atoms with Crippen LogP contribution in [0.3, 0.4) is 0 Å². The van der Waals surface area contributed by atoms with Crippen molar-refractivity contribution < 1.29 is 22.8 Å². The molecule has 0 spiro atoms. The lowest BCUT2D eigenvalue weighted by Gasteiger charge is -2.34. The van der Waals surface area contributed by atoms with Gasteiger partial charge in [0.25, 0.3) is 5.69 Å². The lowest BCUT2D eigenvalue weighted by Crippen LogP contribution is -2.42. The van der Waals surface area contributed by atoms with Gasteiger partial charge in [-0.15, -0.1) is 0 Å². The summed E-state index contributed by atoms with van der Waals surface area (Å²) in [6, 6.07) is 4.13. The molecule has 0 aliphatic carbocycles. The fourth-order valence-electron chi connectivity index (χ4n) is 3.78. The molecule has 2 atom stereocenters. The number of hydrogen-bond donors (Lipinski definition) is 0. The molecule has 9 nitrogen and oxygen atoms in total. The molecule has 1 heterocycles. The standard InChI is InChI=1S/C19H31N3O6S/c1-15-11-16(2)14-21(13-15)29(25,26)17-5-6-18(19(12-17)22(23)24)20(7-9-27-3)8-10-28-4/h5-6,12,15-16H,7-11,13-14H2,1-4H3/t15-,16-/m0/s1. The molecule has 2 rings (SSSR count). The van der Waals surface area contributed by atoms with E-state index in [4.69, 9.17) is 9.47 Å². The molecule has 0 unspecified atom stereocenters. The maximum atomic E-state index is 13.1. The number of benzene rings is 1. The van der Waals surface area contributed by atoms with E-state index in [0.717, 1.165) is 6.42 Å². The number of methoxy groups -OCH3 is 2. The Labute approximate surface area is 172 Å². The fraction of sp³-hybridized carbons (Fsp3) is 0.684. The summed E-state index contributed by atoms with van der Waals surface area (Å²) in [5.41, 5.74) is 0.111. The molecule has 0 saturated carbocycles. The number of sulfonamides is 1. The van der Waals surface area contributed by atoms with Gasteiger partial charge in [0.15, 0.2) is 0 Å². The summed E-state index contributed by atoms with van der Waals surface area (Å²) in [4.78, 5) is 12.9. The molecule has 0 aromatic heterocycles. The Morgan fingerprint density at radius 2 is 1.69 bits per heavy atom. The van der Waals surface area contributed by atoms with Gasteiger partial charge in [-0.05, 0) is 30.4 Å². The van der Waals surface area contributed by atoms with E-state index in [1.54, 1.807) is 19.1 Å². The van der Waals surface area contributed by atoms with Gasteiger partial charge in [0, 0.05) is 46.5 Å². The van der Waals surface area contributed by atoms with E-state index in [-0.39, 0.29) is 22.4 Å². The Hall–Kier alpha value is -1.75. The van der Waals surface area contributed by atoms with Crippen molar-refractivity contribution in [2.75, 3.05) is 58.5 Å². The summed E-state index contributed by atoms with van der Waals surface area (Å²) >= 11 is 0. The molecule has 1 saturated heterocycles. The van der Waals surface area contributed by atoms with Gasteiger partial charge < -0.3 is 14.4 Å². The average molecular weight is 430 g/mol. The summed E-state index contributed by atoms with van der Waals surface area (Å²) < 4.78 is 37.9. The van der Waals surface area contributed by atoms with Crippen molar-refractivity contribution in [3.63, 3.8) is 0 Å². The zero-order valence-electron chi connectivity index (χ0n) is 17.5. The van der Waals surface area contributed by atoms with Crippen LogP contribution in [0.4, 0.5) is 11.4 Å². The van der Waals surface area contributed by atoms with Gasteiger partial charge >= 0.3 is 0 Å². The minimum atomic E-state index is -3.80. The van der Waals surface area contributed by atoms with Crippen molar-refractivity contribution in [3.8, 4) is 0 Å². The quantitative estimate of drug-likeness (QED) is 0.415. The van der Waals surface area contributed by atoms with Crippen molar-refractivity contribution in [1.82, 2.24) is 4.31 Å². The second-order valence-electron chi connectivity index (χ2n) is 7.65. The predicted octanol–water partition coefficient (Wildman–Crippen LogP) is 2.36. The Balaban J connectivity index is 2.40. The number of piperidine rings is 1. The summed E-state index contributed by atoms with van der Waals surface area (Å²) in [6.07, 6.45) is 0.971. The van der Waals surface area contributed by atoms with Crippen molar-refractivity contribution in [2.45, 2.75) is 25.2 Å². The van der Waals surface area contributed by atoms with Gasteiger partial charge in [0.2, 0.25) is 10.0 Å². The van der Waals surface area contributed by atoms with Crippen LogP contribution in [0.1, 0.15) is 20.3 Å². The van der Waals surface area contributed by atoms with Crippen LogP contribution < -0.4 is 4.90 Å². The second kappa shape index (κ2) is 10.3. The van der Waals surface area contributed by atoms with E-state index in [1.165, 1.54) is 22.5 Å². The molecule has 164 valence electrons. The van der Waals surface area contributed by atoms with Crippen molar-refractivity contribution in [1.29, 1.82) is 0 Å². The maximum Gasteiger partial charge on any atom is 0.293 e. The third-order valence-electron chi connectivity index (χ3n) is 5.09. The normalized spacial score (nSPS) is 20.6. The topological polar surface area (TPSA) is 102 Å². The highest BCUT2D eigenvalue weighted by Gasteiger charge is 2.33. The van der Waals surface area contributed by atoms with E-state index in [9.17, 15) is 18.5 Å². The van der Waals surface area contributed by atoms with E-state index in [0.29, 0.717) is 45.1 Å². The molecule has 1 aliphatic rings. The first-order valence-electron chi connectivity index (χ1n) is 9.72. The molecule has 1 aromatic rings. The Bertz CT molecular complexity index is 783. The summed E-state index contributed by atoms with van der Waals surface area (Å²) in [7, 11) is -0.690. The number of rotatable bonds is 10. The van der Waals surface area contributed by atoms with Crippen molar-refractivity contribution in [2.24, 2.45) is 11.8 Å². The first-order valence-corrected chi connectivity index (χ1v) is 11.2. The van der Waals surface area contributed by atoms with Crippen LogP contribution in [0.15, 0.2) is 23.1 Å². The molecular weight excluding hydrogens is 398 g/mol. The Kier molecular flexibility index (Phi) is 8.38. The number of nitro groups is 1. The summed E-state index contributed by atoms with van der Waals surface area (Å²) in [5.74, 6) is 0.503. The second-order valence-corrected chi connectivity index (χ2v) is 9.59. The number of hydrogen-bond acceptors (Lipinski definition) is 7. The first-order chi connectivity index (χ1) is 13.7. The average Bonchev–Trinajstić information content (AvgIpc) is 2.67. The highest BCUT2D eigenvalue weighted by molar-refractivity contribution is 7.89. The minimum absolute atomic E-state index is 0.0484. The van der Waals surface area contributed by atoms with Crippen LogP contribution in [0.5, 0.6) is 0 Å². The zero-order chi connectivity index (χ0) is 21.6. The summed E-state index contributed by atoms with van der Waals surface area (Å²) in [6.45, 7) is 6.50. The third-order valence-corrected chi connectivity index (χ3v) is 6.92. The lowest BCUT2D eigenvalue weighted by atomic mass is 9.94. The van der Waals surface area contributed by atoms with Crippen molar-refractivity contribution >= 4 is 21.4 Å². The first kappa shape index (κ1) is 23.5. The van der Waals surface area contributed by atoms with Gasteiger partial charge in [0.05, 0.1) is 23.0 Å². The minimum Gasteiger partial charge on any atom is -0.383 e. The number of anilines is 1. The van der Waals surface area contributed by atoms with Gasteiger partial charge in [-0.25, -0.2) is 8.42 Å². The van der Waals surface area contributed by atoms with Crippen LogP contribution in [-0.2, 0) is 19.5 Å². The molecule has 10 heteroatoms. The SMILES string of the molecule is COCCN(CCOC)c1ccc(S(=O)(=O)N2C[C@@H](C)C[C@H](C)C2)cc1[N+](=O)[O-]. The maximum absolute atomic E-state index is 13.1. The molecule has 1 aromatic carbocycles. The van der Waals surface area contributed by atoms with E-state index < -0.39 is 14.9 Å². The van der Waals surface area contributed by atoms with Gasteiger partial charge in [-0.3, -0.25) is 10.1 Å². The third kappa shape index (κ3) is 5.88. The molecule has 0 amide bonds. The van der Waals surface area contributed by atoms with Gasteiger partial charge in [0.1, 0.15) is 5.69 Å². The van der Waals surface area contributed by atoms with E-state index in [2.05, 4.69) is 0 Å². The fourth-order valence-corrected chi connectivity index (χ4v) is 5.48. The molecule has 1 aliphatic heterocycles. The van der Waals surface area contributed by atoms with Crippen LogP contribution in [0.25, 0.3) is 0 Å². The molecule has 0 radical (unpaired) electrons. The molecule has 29 heavy (non-hydrogen) atoms. The molecule has 0 N–H and O–H groups in total. The van der Waals surface area contributed by atoms with E-state index in [1.807, 2.05) is 13.8 Å². The molecule has 1 fully saturated rings. The Morgan fingerprint density at radius 1 is 1.14 bits per heavy atom. The highest BCUT2D eigenvalue weighted by atomic mass is 32.2. The van der Waals surface area contributed by atoms with Gasteiger partial charge in [-0.2, -0.15) is 4.31 Å². The summed E-state index contributed by atoms with van der Waals surface area (Å²) in [5, 5.41) is 11.7. The van der Waals surface area contributed by atoms with Crippen LogP contribution in [-0.4, -0.2) is 71.3 Å². The van der Waals surface area contributed by atoms with Crippen LogP contribution in [0.2, 0.25) is 0 Å². The monoisotopic (exact) mass is 429 g/mol.